The average molecular weight is 402 g/mol. The number of nitrogens with one attached hydrogen (secondary N) is 1. The van der Waals surface area contributed by atoms with Gasteiger partial charge in [0, 0.05) is 16.6 Å². The standard InChI is InChI=1S/C21H20ClNO5/c1-12-4-6-16-14(10-28-21(16)13(12)2)8-20(25)27-11-19(24)23-15-5-7-18(26-3)17(22)9-15/h4-7,9-10H,8,11H2,1-3H3,(H,23,24). The fourth-order valence-corrected chi connectivity index (χ4v) is 3.08. The number of fused-ring (bicyclic) bond motifs is 1. The van der Waals surface area contributed by atoms with Crippen molar-refractivity contribution in [2.24, 2.45) is 0 Å². The van der Waals surface area contributed by atoms with Gasteiger partial charge < -0.3 is 19.2 Å². The highest BCUT2D eigenvalue weighted by molar-refractivity contribution is 6.32. The lowest BCUT2D eigenvalue weighted by Gasteiger charge is -2.08. The molecule has 0 atom stereocenters. The maximum atomic E-state index is 12.1. The summed E-state index contributed by atoms with van der Waals surface area (Å²) in [6, 6.07) is 8.74. The van der Waals surface area contributed by atoms with E-state index < -0.39 is 18.5 Å². The first-order valence-electron chi connectivity index (χ1n) is 8.64. The van der Waals surface area contributed by atoms with Crippen molar-refractivity contribution in [2.45, 2.75) is 20.3 Å². The van der Waals surface area contributed by atoms with Crippen molar-refractivity contribution in [1.82, 2.24) is 0 Å². The van der Waals surface area contributed by atoms with Gasteiger partial charge in [0.05, 0.1) is 24.8 Å². The molecule has 1 amide bonds. The Morgan fingerprint density at radius 2 is 1.96 bits per heavy atom. The summed E-state index contributed by atoms with van der Waals surface area (Å²) >= 11 is 6.02. The van der Waals surface area contributed by atoms with Crippen LogP contribution >= 0.6 is 11.6 Å². The fourth-order valence-electron chi connectivity index (χ4n) is 2.82. The highest BCUT2D eigenvalue weighted by atomic mass is 35.5. The third-order valence-corrected chi connectivity index (χ3v) is 4.77. The summed E-state index contributed by atoms with van der Waals surface area (Å²) in [6.45, 7) is 3.58. The fraction of sp³-hybridized carbons (Fsp3) is 0.238. The minimum absolute atomic E-state index is 0.0249. The summed E-state index contributed by atoms with van der Waals surface area (Å²) in [4.78, 5) is 24.1. The lowest BCUT2D eigenvalue weighted by atomic mass is 10.0. The summed E-state index contributed by atoms with van der Waals surface area (Å²) in [5, 5.41) is 3.86. The molecule has 0 saturated carbocycles. The second-order valence-corrected chi connectivity index (χ2v) is 6.79. The van der Waals surface area contributed by atoms with Crippen LogP contribution in [-0.4, -0.2) is 25.6 Å². The van der Waals surface area contributed by atoms with Crippen LogP contribution in [0.1, 0.15) is 16.7 Å². The largest absolute Gasteiger partial charge is 0.495 e. The van der Waals surface area contributed by atoms with Gasteiger partial charge in [-0.2, -0.15) is 0 Å². The molecule has 0 saturated heterocycles. The third kappa shape index (κ3) is 4.28. The monoisotopic (exact) mass is 401 g/mol. The van der Waals surface area contributed by atoms with Gasteiger partial charge in [-0.3, -0.25) is 9.59 Å². The normalized spacial score (nSPS) is 10.7. The molecule has 2 aromatic carbocycles. The lowest BCUT2D eigenvalue weighted by molar-refractivity contribution is -0.146. The van der Waals surface area contributed by atoms with E-state index in [1.54, 1.807) is 24.5 Å². The van der Waals surface area contributed by atoms with Crippen LogP contribution in [0.25, 0.3) is 11.0 Å². The Morgan fingerprint density at radius 1 is 1.18 bits per heavy atom. The molecule has 7 heteroatoms. The summed E-state index contributed by atoms with van der Waals surface area (Å²) in [7, 11) is 1.50. The minimum atomic E-state index is -0.510. The highest BCUT2D eigenvalue weighted by Crippen LogP contribution is 2.28. The van der Waals surface area contributed by atoms with Crippen molar-refractivity contribution < 1.29 is 23.5 Å². The zero-order valence-corrected chi connectivity index (χ0v) is 16.6. The van der Waals surface area contributed by atoms with Gasteiger partial charge in [0.1, 0.15) is 11.3 Å². The molecular formula is C21H20ClNO5. The van der Waals surface area contributed by atoms with Crippen LogP contribution in [0.3, 0.4) is 0 Å². The van der Waals surface area contributed by atoms with Gasteiger partial charge in [0.15, 0.2) is 6.61 Å². The molecule has 1 N–H and O–H groups in total. The Hall–Kier alpha value is -2.99. The third-order valence-electron chi connectivity index (χ3n) is 4.48. The van der Waals surface area contributed by atoms with E-state index in [1.807, 2.05) is 26.0 Å². The van der Waals surface area contributed by atoms with E-state index in [-0.39, 0.29) is 6.42 Å². The number of rotatable bonds is 6. The molecule has 3 rings (SSSR count). The maximum absolute atomic E-state index is 12.1. The van der Waals surface area contributed by atoms with Crippen molar-refractivity contribution in [3.8, 4) is 5.75 Å². The van der Waals surface area contributed by atoms with E-state index >= 15 is 0 Å². The second-order valence-electron chi connectivity index (χ2n) is 6.38. The van der Waals surface area contributed by atoms with Crippen molar-refractivity contribution in [2.75, 3.05) is 19.0 Å². The van der Waals surface area contributed by atoms with Crippen LogP contribution in [0.4, 0.5) is 5.69 Å². The van der Waals surface area contributed by atoms with Gasteiger partial charge in [-0.25, -0.2) is 0 Å². The number of halogens is 1. The van der Waals surface area contributed by atoms with Gasteiger partial charge in [-0.1, -0.05) is 23.7 Å². The first-order chi connectivity index (χ1) is 13.4. The molecule has 0 aliphatic heterocycles. The molecule has 1 aromatic heterocycles. The first kappa shape index (κ1) is 19.8. The minimum Gasteiger partial charge on any atom is -0.495 e. The van der Waals surface area contributed by atoms with E-state index in [0.717, 1.165) is 27.7 Å². The molecule has 0 unspecified atom stereocenters. The number of aryl methyl sites for hydroxylation is 2. The summed E-state index contributed by atoms with van der Waals surface area (Å²) in [6.07, 6.45) is 1.58. The van der Waals surface area contributed by atoms with Crippen molar-refractivity contribution in [1.29, 1.82) is 0 Å². The zero-order valence-electron chi connectivity index (χ0n) is 15.8. The van der Waals surface area contributed by atoms with Crippen LogP contribution in [0, 0.1) is 13.8 Å². The smallest absolute Gasteiger partial charge is 0.310 e. The number of carbonyl (C=O) groups excluding carboxylic acids is 2. The van der Waals surface area contributed by atoms with Crippen LogP contribution in [0.2, 0.25) is 5.02 Å². The predicted molar refractivity (Wildman–Crippen MR) is 107 cm³/mol. The highest BCUT2D eigenvalue weighted by Gasteiger charge is 2.15. The maximum Gasteiger partial charge on any atom is 0.310 e. The molecule has 1 heterocycles. The SMILES string of the molecule is COc1ccc(NC(=O)COC(=O)Cc2coc3c(C)c(C)ccc23)cc1Cl. The van der Waals surface area contributed by atoms with Gasteiger partial charge in [-0.15, -0.1) is 0 Å². The van der Waals surface area contributed by atoms with Crippen molar-refractivity contribution in [3.63, 3.8) is 0 Å². The molecule has 6 nitrogen and oxygen atoms in total. The Bertz CT molecular complexity index is 1040. The van der Waals surface area contributed by atoms with E-state index in [2.05, 4.69) is 5.32 Å². The first-order valence-corrected chi connectivity index (χ1v) is 9.02. The van der Waals surface area contributed by atoms with Gasteiger partial charge >= 0.3 is 5.97 Å². The number of hydrogen-bond acceptors (Lipinski definition) is 5. The van der Waals surface area contributed by atoms with Crippen LogP contribution < -0.4 is 10.1 Å². The molecule has 28 heavy (non-hydrogen) atoms. The number of methoxy groups -OCH3 is 1. The molecule has 0 fully saturated rings. The Balaban J connectivity index is 1.56. The molecule has 3 aromatic rings. The van der Waals surface area contributed by atoms with Crippen LogP contribution in [-0.2, 0) is 20.7 Å². The van der Waals surface area contributed by atoms with Gasteiger partial charge in [0.2, 0.25) is 0 Å². The molecule has 146 valence electrons. The van der Waals surface area contributed by atoms with E-state index in [0.29, 0.717) is 16.5 Å². The summed E-state index contributed by atoms with van der Waals surface area (Å²) in [5.74, 6) is -0.467. The lowest BCUT2D eigenvalue weighted by Crippen LogP contribution is -2.21. The summed E-state index contributed by atoms with van der Waals surface area (Å²) in [5.41, 5.74) is 4.13. The van der Waals surface area contributed by atoms with E-state index in [9.17, 15) is 9.59 Å². The number of ether oxygens (including phenoxy) is 2. The number of carbonyl (C=O) groups is 2. The Kier molecular flexibility index (Phi) is 5.90. The quantitative estimate of drug-likeness (QED) is 0.618. The number of amides is 1. The molecule has 0 radical (unpaired) electrons. The zero-order chi connectivity index (χ0) is 20.3. The number of anilines is 1. The van der Waals surface area contributed by atoms with Crippen molar-refractivity contribution >= 4 is 40.1 Å². The topological polar surface area (TPSA) is 77.8 Å². The van der Waals surface area contributed by atoms with Gasteiger partial charge in [-0.05, 0) is 43.2 Å². The molecule has 0 aliphatic rings. The van der Waals surface area contributed by atoms with E-state index in [4.69, 9.17) is 25.5 Å². The number of furan rings is 1. The molecular weight excluding hydrogens is 382 g/mol. The Labute approximate surface area is 167 Å². The van der Waals surface area contributed by atoms with E-state index in [1.165, 1.54) is 7.11 Å². The molecule has 0 aliphatic carbocycles. The molecule has 0 spiro atoms. The van der Waals surface area contributed by atoms with Crippen molar-refractivity contribution in [3.05, 3.63) is 58.3 Å². The number of benzene rings is 2. The predicted octanol–water partition coefficient (Wildman–Crippen LogP) is 4.44. The Morgan fingerprint density at radius 3 is 2.68 bits per heavy atom. The number of esters is 1. The molecule has 0 bridgehead atoms. The summed E-state index contributed by atoms with van der Waals surface area (Å²) < 4.78 is 15.7. The second kappa shape index (κ2) is 8.35. The van der Waals surface area contributed by atoms with Gasteiger partial charge in [0.25, 0.3) is 5.91 Å². The van der Waals surface area contributed by atoms with Crippen LogP contribution in [0.5, 0.6) is 5.75 Å². The number of hydrogen-bond donors (Lipinski definition) is 1. The van der Waals surface area contributed by atoms with Crippen LogP contribution in [0.15, 0.2) is 41.0 Å². The average Bonchev–Trinajstić information content (AvgIpc) is 3.06.